The van der Waals surface area contributed by atoms with E-state index in [2.05, 4.69) is 0 Å². The van der Waals surface area contributed by atoms with Gasteiger partial charge in [-0.2, -0.15) is 0 Å². The van der Waals surface area contributed by atoms with Crippen LogP contribution in [0.5, 0.6) is 5.75 Å². The number of hydrogen-bond acceptors (Lipinski definition) is 6. The molecule has 0 bridgehead atoms. The minimum atomic E-state index is -4.11. The third-order valence-corrected chi connectivity index (χ3v) is 12.7. The Kier molecular flexibility index (Phi) is 8.65. The summed E-state index contributed by atoms with van der Waals surface area (Å²) < 4.78 is 66.3. The first-order valence-corrected chi connectivity index (χ1v) is 17.0. The van der Waals surface area contributed by atoms with Crippen LogP contribution in [0.15, 0.2) is 65.6 Å². The van der Waals surface area contributed by atoms with Gasteiger partial charge in [0.05, 0.1) is 24.0 Å². The van der Waals surface area contributed by atoms with Crippen LogP contribution in [0.1, 0.15) is 55.2 Å². The van der Waals surface area contributed by atoms with Gasteiger partial charge >= 0.3 is 5.97 Å². The topological polar surface area (TPSA) is 90.0 Å². The van der Waals surface area contributed by atoms with Crippen molar-refractivity contribution in [2.45, 2.75) is 67.2 Å². The molecule has 0 N–H and O–H groups in total. The summed E-state index contributed by atoms with van der Waals surface area (Å²) in [6.45, 7) is 0.286. The molecular weight excluding hydrogens is 624 g/mol. The first-order chi connectivity index (χ1) is 21.5. The van der Waals surface area contributed by atoms with Crippen molar-refractivity contribution in [1.29, 1.82) is 0 Å². The molecule has 3 aromatic carbocycles. The number of carbonyl (C=O) groups excluding carboxylic acids is 2. The molecule has 0 radical (unpaired) electrons. The number of amides is 1. The molecule has 7 nitrogen and oxygen atoms in total. The number of fused-ring (bicyclic) bond motifs is 3. The lowest BCUT2D eigenvalue weighted by Crippen LogP contribution is -2.53. The van der Waals surface area contributed by atoms with E-state index in [1.165, 1.54) is 37.4 Å². The Balaban J connectivity index is 1.33. The Labute approximate surface area is 266 Å². The summed E-state index contributed by atoms with van der Waals surface area (Å²) >= 11 is 6.21. The van der Waals surface area contributed by atoms with Crippen LogP contribution in [0.3, 0.4) is 0 Å². The lowest BCUT2D eigenvalue weighted by molar-refractivity contribution is -0.149. The lowest BCUT2D eigenvalue weighted by Gasteiger charge is -2.43. The van der Waals surface area contributed by atoms with Crippen molar-refractivity contribution in [2.24, 2.45) is 11.8 Å². The number of halogens is 3. The molecule has 238 valence electrons. The molecule has 1 aliphatic heterocycles. The summed E-state index contributed by atoms with van der Waals surface area (Å²) in [5.74, 6) is -1.38. The molecule has 6 rings (SSSR count). The number of ether oxygens (including phenoxy) is 2. The molecule has 0 aromatic heterocycles. The summed E-state index contributed by atoms with van der Waals surface area (Å²) in [5.41, 5.74) is 1.87. The van der Waals surface area contributed by atoms with E-state index < -0.39 is 32.3 Å². The summed E-state index contributed by atoms with van der Waals surface area (Å²) in [7, 11) is -2.75. The molecule has 1 amide bonds. The highest BCUT2D eigenvalue weighted by molar-refractivity contribution is 7.92. The van der Waals surface area contributed by atoms with Crippen LogP contribution in [0, 0.1) is 23.5 Å². The Bertz CT molecular complexity index is 1720. The fourth-order valence-corrected chi connectivity index (χ4v) is 10.0. The summed E-state index contributed by atoms with van der Waals surface area (Å²) in [6.07, 6.45) is 3.28. The van der Waals surface area contributed by atoms with Crippen LogP contribution in [-0.4, -0.2) is 44.9 Å². The Morgan fingerprint density at radius 2 is 1.62 bits per heavy atom. The standard InChI is InChI=1S/C34H34ClF2NO6S/c1-43-33(40)22-4-2-21(3-5-22)32(39)38-17-16-34(45(41,42)28-11-7-25(36)8-12-28)29-13-10-27(19-23(29)6-15-31(34)38)44-20-24-18-26(37)9-14-30(24)35/h7-14,18-19,21-22,31H,2-6,15-17,20H2,1H3/t21-,22-,31-,34-/m1/s1. The number of likely N-dealkylation sites (tertiary alicyclic amines) is 1. The van der Waals surface area contributed by atoms with Gasteiger partial charge in [0.2, 0.25) is 5.91 Å². The molecule has 3 aromatic rings. The van der Waals surface area contributed by atoms with E-state index in [1.807, 2.05) is 0 Å². The molecule has 45 heavy (non-hydrogen) atoms. The maximum atomic E-state index is 14.6. The van der Waals surface area contributed by atoms with E-state index in [0.29, 0.717) is 60.4 Å². The number of benzene rings is 3. The van der Waals surface area contributed by atoms with Crippen LogP contribution in [0.4, 0.5) is 8.78 Å². The van der Waals surface area contributed by atoms with Crippen molar-refractivity contribution in [3.8, 4) is 5.75 Å². The summed E-state index contributed by atoms with van der Waals surface area (Å²) in [4.78, 5) is 27.8. The highest BCUT2D eigenvalue weighted by Gasteiger charge is 2.61. The molecular formula is C34H34ClF2NO6S. The number of aryl methyl sites for hydroxylation is 1. The zero-order valence-corrected chi connectivity index (χ0v) is 26.4. The van der Waals surface area contributed by atoms with Crippen molar-refractivity contribution < 1.29 is 36.3 Å². The van der Waals surface area contributed by atoms with Gasteiger partial charge in [-0.05, 0) is 111 Å². The molecule has 0 spiro atoms. The highest BCUT2D eigenvalue weighted by atomic mass is 35.5. The summed E-state index contributed by atoms with van der Waals surface area (Å²) in [5, 5.41) is 0.371. The van der Waals surface area contributed by atoms with Crippen LogP contribution in [-0.2, 0) is 41.9 Å². The van der Waals surface area contributed by atoms with E-state index >= 15 is 0 Å². The molecule has 11 heteroatoms. The van der Waals surface area contributed by atoms with E-state index in [9.17, 15) is 26.8 Å². The number of carbonyl (C=O) groups is 2. The third kappa shape index (κ3) is 5.60. The van der Waals surface area contributed by atoms with Crippen LogP contribution in [0.25, 0.3) is 0 Å². The Morgan fingerprint density at radius 1 is 0.933 bits per heavy atom. The van der Waals surface area contributed by atoms with Gasteiger partial charge in [0.25, 0.3) is 0 Å². The van der Waals surface area contributed by atoms with E-state index in [4.69, 9.17) is 21.1 Å². The predicted octanol–water partition coefficient (Wildman–Crippen LogP) is 6.39. The first kappa shape index (κ1) is 31.5. The highest BCUT2D eigenvalue weighted by Crippen LogP contribution is 2.53. The van der Waals surface area contributed by atoms with Crippen molar-refractivity contribution in [3.05, 3.63) is 94.0 Å². The second-order valence-electron chi connectivity index (χ2n) is 12.1. The zero-order valence-electron chi connectivity index (χ0n) is 24.8. The van der Waals surface area contributed by atoms with Gasteiger partial charge in [-0.1, -0.05) is 17.7 Å². The van der Waals surface area contributed by atoms with Gasteiger partial charge in [-0.15, -0.1) is 0 Å². The Morgan fingerprint density at radius 3 is 2.33 bits per heavy atom. The molecule has 1 saturated heterocycles. The van der Waals surface area contributed by atoms with Gasteiger partial charge in [0, 0.05) is 23.0 Å². The van der Waals surface area contributed by atoms with Crippen molar-refractivity contribution in [3.63, 3.8) is 0 Å². The van der Waals surface area contributed by atoms with Crippen LogP contribution in [0.2, 0.25) is 5.02 Å². The zero-order chi connectivity index (χ0) is 31.9. The lowest BCUT2D eigenvalue weighted by atomic mass is 9.77. The number of nitrogens with zero attached hydrogens (tertiary/aromatic N) is 1. The predicted molar refractivity (Wildman–Crippen MR) is 163 cm³/mol. The van der Waals surface area contributed by atoms with Crippen LogP contribution < -0.4 is 4.74 Å². The quantitative estimate of drug-likeness (QED) is 0.216. The number of hydrogen-bond donors (Lipinski definition) is 0. The number of sulfone groups is 1. The number of esters is 1. The normalized spacial score (nSPS) is 24.4. The van der Waals surface area contributed by atoms with Gasteiger partial charge < -0.3 is 14.4 Å². The Hall–Kier alpha value is -3.50. The van der Waals surface area contributed by atoms with Crippen molar-refractivity contribution >= 4 is 33.3 Å². The average molecular weight is 658 g/mol. The maximum Gasteiger partial charge on any atom is 0.308 e. The maximum absolute atomic E-state index is 14.6. The number of rotatable bonds is 7. The van der Waals surface area contributed by atoms with Gasteiger partial charge in [0.15, 0.2) is 9.84 Å². The first-order valence-electron chi connectivity index (χ1n) is 15.1. The van der Waals surface area contributed by atoms with E-state index in [0.717, 1.165) is 17.7 Å². The van der Waals surface area contributed by atoms with E-state index in [-0.39, 0.29) is 48.2 Å². The van der Waals surface area contributed by atoms with E-state index in [1.54, 1.807) is 23.1 Å². The average Bonchev–Trinajstić information content (AvgIpc) is 3.46. The van der Waals surface area contributed by atoms with Gasteiger partial charge in [0.1, 0.15) is 28.7 Å². The largest absolute Gasteiger partial charge is 0.489 e. The summed E-state index contributed by atoms with van der Waals surface area (Å²) in [6, 6.07) is 13.5. The minimum Gasteiger partial charge on any atom is -0.489 e. The SMILES string of the molecule is COC(=O)[C@H]1CC[C@H](C(=O)N2CC[C@@]3(S(=O)(=O)c4ccc(F)cc4)c4ccc(OCc5cc(F)ccc5Cl)cc4CC[C@@H]23)CC1. The molecule has 2 fully saturated rings. The molecule has 1 heterocycles. The van der Waals surface area contributed by atoms with Crippen LogP contribution >= 0.6 is 11.6 Å². The smallest absolute Gasteiger partial charge is 0.308 e. The third-order valence-electron chi connectivity index (χ3n) is 9.76. The molecule has 2 aliphatic carbocycles. The minimum absolute atomic E-state index is 0.00397. The van der Waals surface area contributed by atoms with Crippen molar-refractivity contribution in [2.75, 3.05) is 13.7 Å². The van der Waals surface area contributed by atoms with Gasteiger partial charge in [-0.3, -0.25) is 9.59 Å². The van der Waals surface area contributed by atoms with Crippen molar-refractivity contribution in [1.82, 2.24) is 4.90 Å². The fourth-order valence-electron chi connectivity index (χ4n) is 7.47. The second-order valence-corrected chi connectivity index (χ2v) is 14.7. The molecule has 1 saturated carbocycles. The molecule has 2 atom stereocenters. The fraction of sp³-hybridized carbons (Fsp3) is 0.412. The number of methoxy groups -OCH3 is 1. The molecule has 3 aliphatic rings. The second kappa shape index (κ2) is 12.4. The molecule has 0 unspecified atom stereocenters. The van der Waals surface area contributed by atoms with Gasteiger partial charge in [-0.25, -0.2) is 17.2 Å². The monoisotopic (exact) mass is 657 g/mol.